The quantitative estimate of drug-likeness (QED) is 0.314. The van der Waals surface area contributed by atoms with E-state index in [-0.39, 0.29) is 41.9 Å². The molecule has 1 heterocycles. The van der Waals surface area contributed by atoms with E-state index in [9.17, 15) is 13.2 Å². The molecule has 2 rings (SSSR count). The second-order valence-electron chi connectivity index (χ2n) is 8.90. The van der Waals surface area contributed by atoms with E-state index in [1.54, 1.807) is 7.05 Å². The number of nitrogens with zero attached hydrogens (tertiary/aromatic N) is 3. The highest BCUT2D eigenvalue weighted by atomic mass is 127. The number of carbonyl (C=O) groups excluding carboxylic acids is 1. The zero-order valence-corrected chi connectivity index (χ0v) is 21.5. The van der Waals surface area contributed by atoms with Gasteiger partial charge in [0, 0.05) is 45.5 Å². The smallest absolute Gasteiger partial charge is 0.410 e. The van der Waals surface area contributed by atoms with Crippen molar-refractivity contribution in [2.24, 2.45) is 10.9 Å². The van der Waals surface area contributed by atoms with Gasteiger partial charge in [0.25, 0.3) is 0 Å². The first-order valence-corrected chi connectivity index (χ1v) is 12.2. The summed E-state index contributed by atoms with van der Waals surface area (Å²) in [5.41, 5.74) is -0.495. The highest BCUT2D eigenvalue weighted by Crippen LogP contribution is 2.32. The molecule has 8 nitrogen and oxygen atoms in total. The third kappa shape index (κ3) is 9.71. The number of aliphatic imine (C=N–C) groups is 1. The highest BCUT2D eigenvalue weighted by Gasteiger charge is 2.35. The zero-order chi connectivity index (χ0) is 20.9. The van der Waals surface area contributed by atoms with Crippen molar-refractivity contribution in [2.75, 3.05) is 45.2 Å². The van der Waals surface area contributed by atoms with Gasteiger partial charge in [-0.2, -0.15) is 0 Å². The average Bonchev–Trinajstić information content (AvgIpc) is 3.38. The molecular formula is C19H37IN4O4S. The Balaban J connectivity index is 0.00000420. The van der Waals surface area contributed by atoms with E-state index in [1.807, 2.05) is 25.7 Å². The van der Waals surface area contributed by atoms with E-state index >= 15 is 0 Å². The summed E-state index contributed by atoms with van der Waals surface area (Å²) in [5, 5.41) is 3.13. The van der Waals surface area contributed by atoms with Crippen LogP contribution in [0.3, 0.4) is 0 Å². The summed E-state index contributed by atoms with van der Waals surface area (Å²) in [6.45, 7) is 8.36. The van der Waals surface area contributed by atoms with Crippen molar-refractivity contribution in [3.8, 4) is 0 Å². The molecule has 1 saturated heterocycles. The van der Waals surface area contributed by atoms with Gasteiger partial charge in [0.05, 0.1) is 5.75 Å². The number of rotatable bonds is 6. The fraction of sp³-hybridized carbons (Fsp3) is 0.895. The molecule has 0 aromatic heterocycles. The maximum atomic E-state index is 12.7. The number of likely N-dealkylation sites (tertiary alicyclic amines) is 1. The van der Waals surface area contributed by atoms with Gasteiger partial charge in [0.15, 0.2) is 5.96 Å². The largest absolute Gasteiger partial charge is 0.444 e. The monoisotopic (exact) mass is 544 g/mol. The van der Waals surface area contributed by atoms with E-state index in [0.717, 1.165) is 32.5 Å². The maximum Gasteiger partial charge on any atom is 0.410 e. The molecule has 1 aliphatic heterocycles. The third-order valence-electron chi connectivity index (χ3n) is 4.95. The molecule has 0 aromatic carbocycles. The summed E-state index contributed by atoms with van der Waals surface area (Å²) in [6.07, 6.45) is 5.09. The molecule has 0 aromatic rings. The standard InChI is InChI=1S/C19H36N4O4S.HI/c1-19(2,3)27-18(24)23(14-15-6-7-15)16-8-11-22(12-9-16)17(20-4)21-10-13-28(5,25)26;/h15-16H,6-14H2,1-5H3,(H,20,21);1H. The normalized spacial score (nSPS) is 18.8. The number of carbonyl (C=O) groups is 1. The van der Waals surface area contributed by atoms with Crippen LogP contribution in [0.25, 0.3) is 0 Å². The van der Waals surface area contributed by atoms with E-state index in [0.29, 0.717) is 18.4 Å². The third-order valence-corrected chi connectivity index (χ3v) is 5.90. The second kappa shape index (κ2) is 11.0. The summed E-state index contributed by atoms with van der Waals surface area (Å²) in [5.74, 6) is 1.40. The minimum atomic E-state index is -3.00. The van der Waals surface area contributed by atoms with Crippen LogP contribution in [0, 0.1) is 5.92 Å². The number of sulfone groups is 1. The molecule has 0 spiro atoms. The molecule has 10 heteroatoms. The zero-order valence-electron chi connectivity index (χ0n) is 18.3. The number of piperidine rings is 1. The highest BCUT2D eigenvalue weighted by molar-refractivity contribution is 14.0. The predicted molar refractivity (Wildman–Crippen MR) is 127 cm³/mol. The van der Waals surface area contributed by atoms with Crippen LogP contribution in [0.1, 0.15) is 46.5 Å². The molecule has 1 saturated carbocycles. The molecule has 1 amide bonds. The van der Waals surface area contributed by atoms with Gasteiger partial charge < -0.3 is 19.9 Å². The van der Waals surface area contributed by atoms with Gasteiger partial charge in [-0.15, -0.1) is 24.0 Å². The summed E-state index contributed by atoms with van der Waals surface area (Å²) in [7, 11) is -1.30. The van der Waals surface area contributed by atoms with Crippen LogP contribution in [0.4, 0.5) is 4.79 Å². The lowest BCUT2D eigenvalue weighted by molar-refractivity contribution is 0.00929. The van der Waals surface area contributed by atoms with Crippen LogP contribution >= 0.6 is 24.0 Å². The molecule has 0 radical (unpaired) electrons. The molecule has 0 atom stereocenters. The fourth-order valence-corrected chi connectivity index (χ4v) is 3.81. The number of hydrogen-bond acceptors (Lipinski definition) is 5. The van der Waals surface area contributed by atoms with Gasteiger partial charge in [-0.1, -0.05) is 0 Å². The number of amides is 1. The Bertz CT molecular complexity index is 666. The van der Waals surface area contributed by atoms with Crippen LogP contribution in [-0.2, 0) is 14.6 Å². The van der Waals surface area contributed by atoms with Crippen molar-refractivity contribution < 1.29 is 17.9 Å². The SMILES string of the molecule is CN=C(NCCS(C)(=O)=O)N1CCC(N(CC2CC2)C(=O)OC(C)(C)C)CC1.I. The van der Waals surface area contributed by atoms with Crippen molar-refractivity contribution in [3.63, 3.8) is 0 Å². The van der Waals surface area contributed by atoms with E-state index in [2.05, 4.69) is 15.2 Å². The lowest BCUT2D eigenvalue weighted by atomic mass is 10.0. The number of nitrogens with one attached hydrogen (secondary N) is 1. The van der Waals surface area contributed by atoms with E-state index in [4.69, 9.17) is 4.74 Å². The van der Waals surface area contributed by atoms with Gasteiger partial charge in [0.1, 0.15) is 15.4 Å². The first-order valence-electron chi connectivity index (χ1n) is 10.1. The Morgan fingerprint density at radius 1 is 1.21 bits per heavy atom. The van der Waals surface area contributed by atoms with Crippen LogP contribution < -0.4 is 5.32 Å². The average molecular weight is 545 g/mol. The molecule has 0 unspecified atom stereocenters. The Labute approximate surface area is 192 Å². The summed E-state index contributed by atoms with van der Waals surface area (Å²) in [4.78, 5) is 21.1. The summed E-state index contributed by atoms with van der Waals surface area (Å²) in [6, 6.07) is 0.167. The van der Waals surface area contributed by atoms with E-state index in [1.165, 1.54) is 19.1 Å². The lowest BCUT2D eigenvalue weighted by Gasteiger charge is -2.40. The number of halogens is 1. The number of hydrogen-bond donors (Lipinski definition) is 1. The van der Waals surface area contributed by atoms with Crippen LogP contribution in [0.5, 0.6) is 0 Å². The topological polar surface area (TPSA) is 91.3 Å². The molecule has 0 bridgehead atoms. The Kier molecular flexibility index (Phi) is 9.97. The molecule has 29 heavy (non-hydrogen) atoms. The lowest BCUT2D eigenvalue weighted by Crippen LogP contribution is -2.53. The Morgan fingerprint density at radius 3 is 2.24 bits per heavy atom. The van der Waals surface area contributed by atoms with Crippen molar-refractivity contribution in [2.45, 2.75) is 58.1 Å². The van der Waals surface area contributed by atoms with Gasteiger partial charge in [-0.3, -0.25) is 4.99 Å². The molecule has 170 valence electrons. The second-order valence-corrected chi connectivity index (χ2v) is 11.2. The summed E-state index contributed by atoms with van der Waals surface area (Å²) >= 11 is 0. The van der Waals surface area contributed by atoms with Crippen LogP contribution in [0.15, 0.2) is 4.99 Å². The van der Waals surface area contributed by atoms with Crippen LogP contribution in [-0.4, -0.2) is 87.1 Å². The molecule has 2 fully saturated rings. The molecule has 1 N–H and O–H groups in total. The molecular weight excluding hydrogens is 507 g/mol. The first-order chi connectivity index (χ1) is 13.0. The minimum absolute atomic E-state index is 0. The maximum absolute atomic E-state index is 12.7. The molecule has 1 aliphatic carbocycles. The summed E-state index contributed by atoms with van der Waals surface area (Å²) < 4.78 is 28.3. The van der Waals surface area contributed by atoms with Gasteiger partial charge >= 0.3 is 6.09 Å². The van der Waals surface area contributed by atoms with Gasteiger partial charge in [-0.05, 0) is 52.4 Å². The minimum Gasteiger partial charge on any atom is -0.444 e. The molecule has 2 aliphatic rings. The van der Waals surface area contributed by atoms with Crippen molar-refractivity contribution >= 4 is 45.9 Å². The predicted octanol–water partition coefficient (Wildman–Crippen LogP) is 2.34. The van der Waals surface area contributed by atoms with Crippen molar-refractivity contribution in [1.82, 2.24) is 15.1 Å². The number of guanidine groups is 1. The Morgan fingerprint density at radius 2 is 1.79 bits per heavy atom. The fourth-order valence-electron chi connectivity index (χ4n) is 3.34. The van der Waals surface area contributed by atoms with Crippen molar-refractivity contribution in [1.29, 1.82) is 0 Å². The van der Waals surface area contributed by atoms with Gasteiger partial charge in [0.2, 0.25) is 0 Å². The van der Waals surface area contributed by atoms with Crippen molar-refractivity contribution in [3.05, 3.63) is 0 Å². The van der Waals surface area contributed by atoms with Crippen LogP contribution in [0.2, 0.25) is 0 Å². The first kappa shape index (κ1) is 26.3. The van der Waals surface area contributed by atoms with E-state index < -0.39 is 15.4 Å². The van der Waals surface area contributed by atoms with Gasteiger partial charge in [-0.25, -0.2) is 13.2 Å². The number of ether oxygens (including phenoxy) is 1. The Hall–Kier alpha value is -0.780.